The van der Waals surface area contributed by atoms with E-state index in [1.807, 2.05) is 31.2 Å². The lowest BCUT2D eigenvalue weighted by atomic mass is 9.92. The molecule has 3 aliphatic rings. The third kappa shape index (κ3) is 7.47. The molecule has 1 fully saturated rings. The number of benzene rings is 2. The van der Waals surface area contributed by atoms with E-state index in [0.717, 1.165) is 52.6 Å². The Hall–Kier alpha value is -5.14. The van der Waals surface area contributed by atoms with Crippen LogP contribution < -0.4 is 16.0 Å². The maximum Gasteiger partial charge on any atom is 0.255 e. The Morgan fingerprint density at radius 1 is 0.981 bits per heavy atom. The molecule has 0 radical (unpaired) electrons. The van der Waals surface area contributed by atoms with Crippen LogP contribution in [0.3, 0.4) is 0 Å². The van der Waals surface area contributed by atoms with E-state index in [1.165, 1.54) is 15.3 Å². The molecule has 280 valence electrons. The van der Waals surface area contributed by atoms with E-state index >= 15 is 0 Å². The molecule has 14 heteroatoms. The van der Waals surface area contributed by atoms with Crippen molar-refractivity contribution in [2.45, 2.75) is 90.6 Å². The lowest BCUT2D eigenvalue weighted by molar-refractivity contribution is -0.137. The number of imide groups is 1. The number of amides is 5. The number of nitrogens with zero attached hydrogens (tertiary/aromatic N) is 4. The number of anilines is 1. The van der Waals surface area contributed by atoms with Gasteiger partial charge in [0.15, 0.2) is 0 Å². The number of nitrogens with one attached hydrogen (secondary N) is 3. The van der Waals surface area contributed by atoms with Crippen LogP contribution in [0, 0.1) is 20.8 Å². The summed E-state index contributed by atoms with van der Waals surface area (Å²) >= 11 is 7.94. The smallest absolute Gasteiger partial charge is 0.255 e. The summed E-state index contributed by atoms with van der Waals surface area (Å²) < 4.78 is 2.09. The molecule has 0 spiro atoms. The number of carbonyl (C=O) groups is 5. The van der Waals surface area contributed by atoms with Gasteiger partial charge in [-0.25, -0.2) is 0 Å². The molecular formula is C40H42ClN7O5S. The van der Waals surface area contributed by atoms with Gasteiger partial charge in [-0.3, -0.25) is 33.9 Å². The van der Waals surface area contributed by atoms with Crippen LogP contribution in [-0.4, -0.2) is 61.8 Å². The van der Waals surface area contributed by atoms with Crippen LogP contribution in [-0.2, 0) is 25.7 Å². The Kier molecular flexibility index (Phi) is 10.8. The Labute approximate surface area is 322 Å². The number of hydrogen-bond acceptors (Lipinski definition) is 8. The minimum absolute atomic E-state index is 0.0681. The zero-order valence-corrected chi connectivity index (χ0v) is 32.0. The van der Waals surface area contributed by atoms with Crippen LogP contribution in [0.4, 0.5) is 5.69 Å². The molecule has 7 rings (SSSR count). The molecule has 2 aromatic carbocycles. The average Bonchev–Trinajstić information content (AvgIpc) is 3.75. The number of unbranched alkanes of at least 4 members (excludes halogenated alkanes) is 3. The molecule has 12 nitrogen and oxygen atoms in total. The second-order valence-electron chi connectivity index (χ2n) is 14.1. The van der Waals surface area contributed by atoms with Crippen molar-refractivity contribution < 1.29 is 24.0 Å². The monoisotopic (exact) mass is 767 g/mol. The number of hydrogen-bond donors (Lipinski definition) is 3. The lowest BCUT2D eigenvalue weighted by Gasteiger charge is -2.29. The molecule has 5 heterocycles. The fourth-order valence-corrected chi connectivity index (χ4v) is 8.87. The minimum Gasteiger partial charge on any atom is -0.356 e. The van der Waals surface area contributed by atoms with Crippen LogP contribution in [0.5, 0.6) is 0 Å². The summed E-state index contributed by atoms with van der Waals surface area (Å²) in [5.41, 5.74) is 6.08. The number of fused-ring (bicyclic) bond motifs is 4. The maximum atomic E-state index is 13.3. The van der Waals surface area contributed by atoms with Crippen molar-refractivity contribution in [1.29, 1.82) is 0 Å². The first-order valence-corrected chi connectivity index (χ1v) is 19.5. The number of thiophene rings is 1. The van der Waals surface area contributed by atoms with Gasteiger partial charge in [0.05, 0.1) is 0 Å². The number of aryl methyl sites for hydroxylation is 2. The van der Waals surface area contributed by atoms with Gasteiger partial charge in [0.1, 0.15) is 22.7 Å². The Balaban J connectivity index is 0.895. The Bertz CT molecular complexity index is 2190. The fraction of sp³-hybridized carbons (Fsp3) is 0.375. The zero-order valence-electron chi connectivity index (χ0n) is 30.5. The first kappa shape index (κ1) is 37.2. The summed E-state index contributed by atoms with van der Waals surface area (Å²) in [6, 6.07) is 12.2. The van der Waals surface area contributed by atoms with E-state index in [4.69, 9.17) is 11.6 Å². The van der Waals surface area contributed by atoms with Crippen molar-refractivity contribution >= 4 is 63.7 Å². The van der Waals surface area contributed by atoms with E-state index in [0.29, 0.717) is 41.2 Å². The molecule has 3 aliphatic heterocycles. The van der Waals surface area contributed by atoms with Gasteiger partial charge in [0, 0.05) is 70.5 Å². The lowest BCUT2D eigenvalue weighted by Crippen LogP contribution is -2.52. The van der Waals surface area contributed by atoms with E-state index < -0.39 is 11.9 Å². The number of aromatic nitrogens is 3. The quantitative estimate of drug-likeness (QED) is 0.113. The van der Waals surface area contributed by atoms with Crippen LogP contribution in [0.2, 0.25) is 5.02 Å². The summed E-state index contributed by atoms with van der Waals surface area (Å²) in [7, 11) is 0. The molecule has 2 atom stereocenters. The van der Waals surface area contributed by atoms with Crippen molar-refractivity contribution in [1.82, 2.24) is 30.3 Å². The van der Waals surface area contributed by atoms with Crippen molar-refractivity contribution in [3.8, 4) is 5.00 Å². The highest BCUT2D eigenvalue weighted by atomic mass is 35.5. The molecular weight excluding hydrogens is 726 g/mol. The summed E-state index contributed by atoms with van der Waals surface area (Å²) in [4.78, 5) is 66.0. The molecule has 0 aliphatic carbocycles. The number of halogens is 1. The first-order valence-electron chi connectivity index (χ1n) is 18.3. The molecule has 0 bridgehead atoms. The molecule has 1 saturated heterocycles. The number of carbonyl (C=O) groups excluding carboxylic acids is 5. The zero-order chi connectivity index (χ0) is 38.1. The molecule has 2 aromatic heterocycles. The van der Waals surface area contributed by atoms with Crippen molar-refractivity contribution in [3.05, 3.63) is 97.9 Å². The van der Waals surface area contributed by atoms with Crippen molar-refractivity contribution in [2.75, 3.05) is 11.9 Å². The van der Waals surface area contributed by atoms with Gasteiger partial charge < -0.3 is 15.5 Å². The minimum atomic E-state index is -0.716. The highest BCUT2D eigenvalue weighted by Gasteiger charge is 2.40. The van der Waals surface area contributed by atoms with Gasteiger partial charge in [0.25, 0.3) is 5.91 Å². The summed E-state index contributed by atoms with van der Waals surface area (Å²) in [5.74, 6) is -0.0858. The topological polar surface area (TPSA) is 155 Å². The largest absolute Gasteiger partial charge is 0.356 e. The van der Waals surface area contributed by atoms with Crippen LogP contribution in [0.15, 0.2) is 48.5 Å². The Morgan fingerprint density at radius 2 is 1.76 bits per heavy atom. The second kappa shape index (κ2) is 15.7. The number of rotatable bonds is 12. The van der Waals surface area contributed by atoms with Crippen molar-refractivity contribution in [2.24, 2.45) is 0 Å². The molecule has 3 N–H and O–H groups in total. The van der Waals surface area contributed by atoms with Gasteiger partial charge in [-0.2, -0.15) is 0 Å². The van der Waals surface area contributed by atoms with Crippen molar-refractivity contribution in [3.63, 3.8) is 0 Å². The maximum absolute atomic E-state index is 13.3. The molecule has 5 amide bonds. The third-order valence-corrected chi connectivity index (χ3v) is 11.9. The van der Waals surface area contributed by atoms with E-state index in [1.54, 1.807) is 29.5 Å². The summed E-state index contributed by atoms with van der Waals surface area (Å²) in [5, 5.41) is 19.0. The SMILES string of the molecule is Cc1sc2c(c1C)C(c1ccc(Cl)cc1)=C[C@@H](CC(=O)NCCCCCCC(=O)Nc1cccc3c1CN(C1CCC(=O)NC1=O)C3=O)c1nnc(C)n1-2. The normalized spacial score (nSPS) is 17.7. The van der Waals surface area contributed by atoms with E-state index in [9.17, 15) is 24.0 Å². The van der Waals surface area contributed by atoms with E-state index in [2.05, 4.69) is 50.6 Å². The molecule has 4 aromatic rings. The number of piperidine rings is 1. The van der Waals surface area contributed by atoms with Gasteiger partial charge in [-0.05, 0) is 81.0 Å². The fourth-order valence-electron chi connectivity index (χ4n) is 7.51. The first-order chi connectivity index (χ1) is 26.0. The standard InChI is InChI=1S/C40H42ClN7O5S/c1-22-23(2)54-40-36(22)29(25-12-14-27(41)15-13-25)19-26(37-46-45-24(3)48(37)40)20-35(51)42-18-7-5-4-6-11-33(49)43-31-10-8-9-28-30(31)21-47(39(28)53)32-16-17-34(50)44-38(32)52/h8-10,12-15,19,26,32H,4-7,11,16-18,20-21H2,1-3H3,(H,42,51)(H,43,49)(H,44,50,52)/t26-,32?/m0/s1. The van der Waals surface area contributed by atoms with Crippen LogP contribution in [0.25, 0.3) is 10.6 Å². The second-order valence-corrected chi connectivity index (χ2v) is 15.7. The average molecular weight is 768 g/mol. The van der Waals surface area contributed by atoms with Gasteiger partial charge in [-0.1, -0.05) is 48.7 Å². The van der Waals surface area contributed by atoms with Crippen LogP contribution >= 0.6 is 22.9 Å². The van der Waals surface area contributed by atoms with Gasteiger partial charge in [0.2, 0.25) is 23.6 Å². The molecule has 1 unspecified atom stereocenters. The van der Waals surface area contributed by atoms with Gasteiger partial charge >= 0.3 is 0 Å². The third-order valence-electron chi connectivity index (χ3n) is 10.5. The Morgan fingerprint density at radius 3 is 2.54 bits per heavy atom. The predicted molar refractivity (Wildman–Crippen MR) is 207 cm³/mol. The molecule has 0 saturated carbocycles. The van der Waals surface area contributed by atoms with E-state index in [-0.39, 0.29) is 55.4 Å². The highest BCUT2D eigenvalue weighted by Crippen LogP contribution is 2.44. The summed E-state index contributed by atoms with van der Waals surface area (Å²) in [6.07, 6.45) is 6.26. The van der Waals surface area contributed by atoms with Crippen LogP contribution in [0.1, 0.15) is 106 Å². The van der Waals surface area contributed by atoms with Gasteiger partial charge in [-0.15, -0.1) is 21.5 Å². The number of allylic oxidation sites excluding steroid dienone is 1. The highest BCUT2D eigenvalue weighted by molar-refractivity contribution is 7.15. The predicted octanol–water partition coefficient (Wildman–Crippen LogP) is 6.29. The molecule has 54 heavy (non-hydrogen) atoms. The summed E-state index contributed by atoms with van der Waals surface area (Å²) in [6.45, 7) is 6.90.